The van der Waals surface area contributed by atoms with Crippen LogP contribution in [0.1, 0.15) is 39.2 Å². The minimum absolute atomic E-state index is 0.0132. The van der Waals surface area contributed by atoms with E-state index in [2.05, 4.69) is 5.32 Å². The summed E-state index contributed by atoms with van der Waals surface area (Å²) >= 11 is 6.29. The van der Waals surface area contributed by atoms with Gasteiger partial charge in [0.2, 0.25) is 11.8 Å². The van der Waals surface area contributed by atoms with Crippen LogP contribution >= 0.6 is 11.6 Å². The lowest BCUT2D eigenvalue weighted by Gasteiger charge is -2.34. The maximum atomic E-state index is 14.2. The second-order valence-electron chi connectivity index (χ2n) is 9.76. The predicted molar refractivity (Wildman–Crippen MR) is 164 cm³/mol. The number of methoxy groups -OCH3 is 2. The van der Waals surface area contributed by atoms with E-state index < -0.39 is 28.5 Å². The lowest BCUT2D eigenvalue weighted by Crippen LogP contribution is -2.53. The highest BCUT2D eigenvalue weighted by Gasteiger charge is 2.35. The number of hydrogen-bond donors (Lipinski definition) is 1. The molecule has 0 radical (unpaired) electrons. The minimum Gasteiger partial charge on any atom is -0.497 e. The predicted octanol–water partition coefficient (Wildman–Crippen LogP) is 5.27. The van der Waals surface area contributed by atoms with Crippen LogP contribution in [0.25, 0.3) is 0 Å². The molecular weight excluding hydrogens is 578 g/mol. The number of ether oxygens (including phenoxy) is 2. The van der Waals surface area contributed by atoms with Crippen LogP contribution in [0.3, 0.4) is 0 Å². The van der Waals surface area contributed by atoms with Crippen LogP contribution in [0.2, 0.25) is 5.02 Å². The number of halogens is 1. The molecule has 0 saturated heterocycles. The summed E-state index contributed by atoms with van der Waals surface area (Å²) in [5.74, 6) is -0.0899. The summed E-state index contributed by atoms with van der Waals surface area (Å²) in [6.07, 6.45) is 1.02. The van der Waals surface area contributed by atoms with Gasteiger partial charge in [-0.3, -0.25) is 13.9 Å². The molecule has 0 spiro atoms. The first kappa shape index (κ1) is 32.8. The zero-order chi connectivity index (χ0) is 30.9. The molecule has 3 aromatic carbocycles. The number of nitrogens with zero attached hydrogens (tertiary/aromatic N) is 2. The number of sulfonamides is 1. The van der Waals surface area contributed by atoms with Gasteiger partial charge >= 0.3 is 0 Å². The smallest absolute Gasteiger partial charge is 0.264 e. The summed E-state index contributed by atoms with van der Waals surface area (Å²) in [7, 11) is -1.32. The first-order valence-electron chi connectivity index (χ1n) is 13.7. The zero-order valence-corrected chi connectivity index (χ0v) is 26.1. The first-order chi connectivity index (χ1) is 20.0. The van der Waals surface area contributed by atoms with Crippen LogP contribution in [-0.2, 0) is 26.2 Å². The summed E-state index contributed by atoms with van der Waals surface area (Å²) in [5.41, 5.74) is 0.816. The van der Waals surface area contributed by atoms with Crippen molar-refractivity contribution in [2.75, 3.05) is 25.1 Å². The van der Waals surface area contributed by atoms with Gasteiger partial charge in [-0.2, -0.15) is 0 Å². The Morgan fingerprint density at radius 1 is 0.929 bits per heavy atom. The minimum atomic E-state index is -4.26. The van der Waals surface area contributed by atoms with Crippen molar-refractivity contribution in [2.45, 2.75) is 57.1 Å². The molecule has 0 aliphatic rings. The lowest BCUT2D eigenvalue weighted by atomic mass is 10.1. The highest BCUT2D eigenvalue weighted by Crippen LogP contribution is 2.35. The van der Waals surface area contributed by atoms with Crippen LogP contribution in [-0.4, -0.2) is 58.0 Å². The fourth-order valence-corrected chi connectivity index (χ4v) is 6.02. The molecule has 0 heterocycles. The SMILES string of the molecule is CC[C@@H](C)NC(=O)[C@H](CC)N(Cc1cccc(OC)c1)C(=O)CN(c1cc(Cl)ccc1OC)S(=O)(=O)c1ccccc1. The first-order valence-corrected chi connectivity index (χ1v) is 15.5. The fraction of sp³-hybridized carbons (Fsp3) is 0.355. The maximum Gasteiger partial charge on any atom is 0.264 e. The zero-order valence-electron chi connectivity index (χ0n) is 24.5. The number of nitrogens with one attached hydrogen (secondary N) is 1. The summed E-state index contributed by atoms with van der Waals surface area (Å²) in [6.45, 7) is 5.10. The highest BCUT2D eigenvalue weighted by atomic mass is 35.5. The third kappa shape index (κ3) is 7.95. The van der Waals surface area contributed by atoms with Crippen molar-refractivity contribution in [1.82, 2.24) is 10.2 Å². The van der Waals surface area contributed by atoms with Gasteiger partial charge in [-0.25, -0.2) is 8.42 Å². The molecule has 2 atom stereocenters. The molecule has 3 aromatic rings. The van der Waals surface area contributed by atoms with Gasteiger partial charge in [0.25, 0.3) is 10.0 Å². The van der Waals surface area contributed by atoms with Crippen molar-refractivity contribution in [3.05, 3.63) is 83.4 Å². The largest absolute Gasteiger partial charge is 0.497 e. The number of benzene rings is 3. The molecule has 0 aromatic heterocycles. The fourth-order valence-electron chi connectivity index (χ4n) is 4.42. The highest BCUT2D eigenvalue weighted by molar-refractivity contribution is 7.92. The molecule has 42 heavy (non-hydrogen) atoms. The van der Waals surface area contributed by atoms with Crippen molar-refractivity contribution in [3.63, 3.8) is 0 Å². The summed E-state index contributed by atoms with van der Waals surface area (Å²) in [5, 5.41) is 3.23. The van der Waals surface area contributed by atoms with Gasteiger partial charge in [0.05, 0.1) is 24.8 Å². The third-order valence-corrected chi connectivity index (χ3v) is 8.90. The van der Waals surface area contributed by atoms with E-state index >= 15 is 0 Å². The molecule has 226 valence electrons. The Morgan fingerprint density at radius 3 is 2.26 bits per heavy atom. The van der Waals surface area contributed by atoms with Crippen LogP contribution in [0.15, 0.2) is 77.7 Å². The number of amides is 2. The summed E-state index contributed by atoms with van der Waals surface area (Å²) < 4.78 is 39.9. The van der Waals surface area contributed by atoms with E-state index in [0.717, 1.165) is 9.87 Å². The number of anilines is 1. The molecule has 0 fully saturated rings. The van der Waals surface area contributed by atoms with Crippen LogP contribution < -0.4 is 19.1 Å². The Kier molecular flexibility index (Phi) is 11.6. The van der Waals surface area contributed by atoms with Crippen LogP contribution in [0.5, 0.6) is 11.5 Å². The molecular formula is C31H38ClN3O6S. The van der Waals surface area contributed by atoms with Crippen LogP contribution in [0, 0.1) is 0 Å². The molecule has 11 heteroatoms. The van der Waals surface area contributed by atoms with E-state index in [9.17, 15) is 18.0 Å². The lowest BCUT2D eigenvalue weighted by molar-refractivity contribution is -0.140. The molecule has 0 saturated carbocycles. The molecule has 9 nitrogen and oxygen atoms in total. The van der Waals surface area contributed by atoms with Gasteiger partial charge in [0, 0.05) is 17.6 Å². The van der Waals surface area contributed by atoms with Crippen LogP contribution in [0.4, 0.5) is 5.69 Å². The summed E-state index contributed by atoms with van der Waals surface area (Å²) in [6, 6.07) is 18.6. The molecule has 0 bridgehead atoms. The van der Waals surface area contributed by atoms with Gasteiger partial charge in [0.15, 0.2) is 0 Å². The molecule has 3 rings (SSSR count). The summed E-state index contributed by atoms with van der Waals surface area (Å²) in [4.78, 5) is 29.1. The molecule has 0 aliphatic heterocycles. The Bertz CT molecular complexity index is 1470. The van der Waals surface area contributed by atoms with Crippen molar-refractivity contribution >= 4 is 39.1 Å². The quantitative estimate of drug-likeness (QED) is 0.265. The van der Waals surface area contributed by atoms with E-state index in [4.69, 9.17) is 21.1 Å². The number of rotatable bonds is 14. The number of carbonyl (C=O) groups excluding carboxylic acids is 2. The third-order valence-electron chi connectivity index (χ3n) is 6.89. The van der Waals surface area contributed by atoms with Crippen molar-refractivity contribution in [3.8, 4) is 11.5 Å². The maximum absolute atomic E-state index is 14.2. The molecule has 1 N–H and O–H groups in total. The van der Waals surface area contributed by atoms with E-state index in [0.29, 0.717) is 18.6 Å². The number of carbonyl (C=O) groups is 2. The van der Waals surface area contributed by atoms with E-state index in [1.54, 1.807) is 49.6 Å². The van der Waals surface area contributed by atoms with Gasteiger partial charge in [-0.05, 0) is 67.8 Å². The van der Waals surface area contributed by atoms with E-state index in [1.165, 1.54) is 36.3 Å². The molecule has 0 aliphatic carbocycles. The van der Waals surface area contributed by atoms with Gasteiger partial charge in [-0.15, -0.1) is 0 Å². The number of hydrogen-bond acceptors (Lipinski definition) is 6. The Balaban J connectivity index is 2.12. The molecule has 0 unspecified atom stereocenters. The van der Waals surface area contributed by atoms with E-state index in [1.807, 2.05) is 26.8 Å². The van der Waals surface area contributed by atoms with Crippen molar-refractivity contribution in [2.24, 2.45) is 0 Å². The van der Waals surface area contributed by atoms with E-state index in [-0.39, 0.29) is 39.8 Å². The average Bonchev–Trinajstić information content (AvgIpc) is 2.99. The monoisotopic (exact) mass is 615 g/mol. The van der Waals surface area contributed by atoms with Gasteiger partial charge in [-0.1, -0.05) is 55.8 Å². The second kappa shape index (κ2) is 14.9. The Hall–Kier alpha value is -3.76. The molecule has 2 amide bonds. The average molecular weight is 616 g/mol. The normalized spacial score (nSPS) is 12.6. The van der Waals surface area contributed by atoms with Gasteiger partial charge in [0.1, 0.15) is 24.1 Å². The Morgan fingerprint density at radius 2 is 1.64 bits per heavy atom. The standard InChI is InChI=1S/C31H38ClN3O6S/c1-6-22(3)33-31(37)27(7-2)34(20-23-12-11-13-25(18-23)40-4)30(36)21-35(28-19-24(32)16-17-29(28)41-5)42(38,39)26-14-9-8-10-15-26/h8-19,22,27H,6-7,20-21H2,1-5H3,(H,33,37)/t22-,27+/m1/s1. The second-order valence-corrected chi connectivity index (χ2v) is 12.1. The Labute approximate surface area is 253 Å². The van der Waals surface area contributed by atoms with Gasteiger partial charge < -0.3 is 19.7 Å². The van der Waals surface area contributed by atoms with Crippen molar-refractivity contribution < 1.29 is 27.5 Å². The topological polar surface area (TPSA) is 105 Å². The van der Waals surface area contributed by atoms with Crippen molar-refractivity contribution in [1.29, 1.82) is 0 Å².